The average molecular weight is 277 g/mol. The van der Waals surface area contributed by atoms with E-state index < -0.39 is 0 Å². The quantitative estimate of drug-likeness (QED) is 0.655. The first-order valence-electron chi connectivity index (χ1n) is 3.86. The maximum absolute atomic E-state index is 9.25. The van der Waals surface area contributed by atoms with Crippen LogP contribution in [0.3, 0.4) is 0 Å². The highest BCUT2D eigenvalue weighted by Gasteiger charge is 1.96. The Balaban J connectivity index is 2.69. The van der Waals surface area contributed by atoms with Crippen molar-refractivity contribution in [3.8, 4) is 5.75 Å². The predicted octanol–water partition coefficient (Wildman–Crippen LogP) is 2.18. The molecule has 0 bridgehead atoms. The number of halogens is 1. The standard InChI is InChI=1S/C9H12INO/c1-7-6-8(4-5-11-10)2-3-9(7)12/h2-3,6,11-12H,4-5H2,1H3. The van der Waals surface area contributed by atoms with Crippen molar-refractivity contribution in [3.63, 3.8) is 0 Å². The zero-order valence-electron chi connectivity index (χ0n) is 6.97. The van der Waals surface area contributed by atoms with E-state index in [1.165, 1.54) is 5.56 Å². The fraction of sp³-hybridized carbons (Fsp3) is 0.333. The van der Waals surface area contributed by atoms with Crippen LogP contribution < -0.4 is 3.53 Å². The molecule has 0 heterocycles. The van der Waals surface area contributed by atoms with Crippen LogP contribution in [-0.4, -0.2) is 11.7 Å². The topological polar surface area (TPSA) is 32.3 Å². The summed E-state index contributed by atoms with van der Waals surface area (Å²) in [6.07, 6.45) is 1.00. The Morgan fingerprint density at radius 1 is 1.50 bits per heavy atom. The summed E-state index contributed by atoms with van der Waals surface area (Å²) in [7, 11) is 0. The minimum absolute atomic E-state index is 0.376. The van der Waals surface area contributed by atoms with Crippen LogP contribution in [-0.2, 0) is 6.42 Å². The van der Waals surface area contributed by atoms with Crippen molar-refractivity contribution in [1.82, 2.24) is 3.53 Å². The van der Waals surface area contributed by atoms with Crippen LogP contribution >= 0.6 is 22.9 Å². The van der Waals surface area contributed by atoms with Gasteiger partial charge in [0.2, 0.25) is 0 Å². The van der Waals surface area contributed by atoms with E-state index >= 15 is 0 Å². The van der Waals surface area contributed by atoms with Crippen molar-refractivity contribution in [2.45, 2.75) is 13.3 Å². The molecule has 1 aromatic rings. The Bertz CT molecular complexity index is 263. The molecule has 2 nitrogen and oxygen atoms in total. The second-order valence-corrected chi connectivity index (χ2v) is 3.52. The van der Waals surface area contributed by atoms with Crippen molar-refractivity contribution in [2.24, 2.45) is 0 Å². The fourth-order valence-corrected chi connectivity index (χ4v) is 1.33. The Morgan fingerprint density at radius 2 is 2.25 bits per heavy atom. The molecule has 0 aliphatic rings. The minimum atomic E-state index is 0.376. The number of hydrogen-bond donors (Lipinski definition) is 2. The van der Waals surface area contributed by atoms with E-state index in [1.807, 2.05) is 19.1 Å². The molecule has 1 aromatic carbocycles. The summed E-state index contributed by atoms with van der Waals surface area (Å²) < 4.78 is 3.06. The average Bonchev–Trinajstić information content (AvgIpc) is 2.07. The van der Waals surface area contributed by atoms with Crippen LogP contribution in [0.1, 0.15) is 11.1 Å². The Labute approximate surface area is 86.5 Å². The third kappa shape index (κ3) is 2.64. The highest BCUT2D eigenvalue weighted by molar-refractivity contribution is 14.1. The van der Waals surface area contributed by atoms with Gasteiger partial charge in [-0.15, -0.1) is 0 Å². The van der Waals surface area contributed by atoms with Gasteiger partial charge >= 0.3 is 0 Å². The van der Waals surface area contributed by atoms with Gasteiger partial charge in [-0.1, -0.05) is 12.1 Å². The largest absolute Gasteiger partial charge is 0.508 e. The lowest BCUT2D eigenvalue weighted by molar-refractivity contribution is 0.471. The van der Waals surface area contributed by atoms with E-state index in [1.54, 1.807) is 6.07 Å². The molecule has 0 atom stereocenters. The summed E-state index contributed by atoms with van der Waals surface area (Å²) in [4.78, 5) is 0. The second kappa shape index (κ2) is 4.67. The van der Waals surface area contributed by atoms with Crippen molar-refractivity contribution in [3.05, 3.63) is 29.3 Å². The first kappa shape index (κ1) is 9.80. The van der Waals surface area contributed by atoms with Gasteiger partial charge in [0.25, 0.3) is 0 Å². The molecule has 3 heteroatoms. The summed E-state index contributed by atoms with van der Waals surface area (Å²) in [5.74, 6) is 0.376. The molecule has 0 spiro atoms. The lowest BCUT2D eigenvalue weighted by Crippen LogP contribution is -2.03. The Morgan fingerprint density at radius 3 is 2.83 bits per heavy atom. The molecule has 12 heavy (non-hydrogen) atoms. The number of phenolic OH excluding ortho intramolecular Hbond substituents is 1. The van der Waals surface area contributed by atoms with Gasteiger partial charge < -0.3 is 5.11 Å². The van der Waals surface area contributed by atoms with E-state index in [0.717, 1.165) is 18.5 Å². The third-order valence-corrected chi connectivity index (χ3v) is 2.31. The Kier molecular flexibility index (Phi) is 3.81. The number of nitrogens with one attached hydrogen (secondary N) is 1. The van der Waals surface area contributed by atoms with Gasteiger partial charge in [-0.2, -0.15) is 0 Å². The fourth-order valence-electron chi connectivity index (χ4n) is 1.06. The van der Waals surface area contributed by atoms with E-state index in [0.29, 0.717) is 5.75 Å². The first-order valence-corrected chi connectivity index (χ1v) is 4.94. The second-order valence-electron chi connectivity index (χ2n) is 2.75. The summed E-state index contributed by atoms with van der Waals surface area (Å²) in [6, 6.07) is 5.72. The molecular formula is C9H12INO. The van der Waals surface area contributed by atoms with E-state index in [-0.39, 0.29) is 0 Å². The summed E-state index contributed by atoms with van der Waals surface area (Å²) in [5.41, 5.74) is 2.20. The van der Waals surface area contributed by atoms with Crippen LogP contribution in [0.25, 0.3) is 0 Å². The highest BCUT2D eigenvalue weighted by atomic mass is 127. The molecule has 0 amide bonds. The van der Waals surface area contributed by atoms with Gasteiger partial charge in [0, 0.05) is 29.4 Å². The maximum atomic E-state index is 9.25. The summed E-state index contributed by atoms with van der Waals surface area (Å²) in [6.45, 7) is 2.88. The van der Waals surface area contributed by atoms with Crippen LogP contribution in [0.4, 0.5) is 0 Å². The van der Waals surface area contributed by atoms with Crippen LogP contribution in [0, 0.1) is 6.92 Å². The van der Waals surface area contributed by atoms with Crippen molar-refractivity contribution in [2.75, 3.05) is 6.54 Å². The van der Waals surface area contributed by atoms with Crippen LogP contribution in [0.2, 0.25) is 0 Å². The summed E-state index contributed by atoms with van der Waals surface area (Å²) >= 11 is 2.13. The third-order valence-electron chi connectivity index (χ3n) is 1.77. The van der Waals surface area contributed by atoms with E-state index in [2.05, 4.69) is 26.4 Å². The number of aryl methyl sites for hydroxylation is 1. The lowest BCUT2D eigenvalue weighted by atomic mass is 10.1. The molecule has 0 saturated carbocycles. The normalized spacial score (nSPS) is 10.2. The van der Waals surface area contributed by atoms with Crippen molar-refractivity contribution in [1.29, 1.82) is 0 Å². The Hall–Kier alpha value is -0.290. The number of benzene rings is 1. The predicted molar refractivity (Wildman–Crippen MR) is 58.6 cm³/mol. The number of hydrogen-bond acceptors (Lipinski definition) is 2. The SMILES string of the molecule is Cc1cc(CCNI)ccc1O. The number of phenols is 1. The number of rotatable bonds is 3. The zero-order valence-corrected chi connectivity index (χ0v) is 9.13. The van der Waals surface area contributed by atoms with Crippen LogP contribution in [0.5, 0.6) is 5.75 Å². The molecule has 0 saturated heterocycles. The minimum Gasteiger partial charge on any atom is -0.508 e. The molecule has 0 aromatic heterocycles. The first-order chi connectivity index (χ1) is 5.74. The molecule has 2 N–H and O–H groups in total. The molecule has 0 unspecified atom stereocenters. The molecule has 0 fully saturated rings. The highest BCUT2D eigenvalue weighted by Crippen LogP contribution is 2.16. The molecule has 1 rings (SSSR count). The van der Waals surface area contributed by atoms with Gasteiger partial charge in [-0.3, -0.25) is 3.53 Å². The lowest BCUT2D eigenvalue weighted by Gasteiger charge is -2.02. The smallest absolute Gasteiger partial charge is 0.118 e. The van der Waals surface area contributed by atoms with Gasteiger partial charge in [0.05, 0.1) is 0 Å². The molecule has 0 aliphatic heterocycles. The summed E-state index contributed by atoms with van der Waals surface area (Å²) in [5, 5.41) is 9.25. The molecule has 0 aliphatic carbocycles. The maximum Gasteiger partial charge on any atom is 0.118 e. The van der Waals surface area contributed by atoms with Crippen molar-refractivity contribution < 1.29 is 5.11 Å². The molecular weight excluding hydrogens is 265 g/mol. The van der Waals surface area contributed by atoms with Gasteiger partial charge in [0.15, 0.2) is 0 Å². The van der Waals surface area contributed by atoms with Gasteiger partial charge in [0.1, 0.15) is 5.75 Å². The van der Waals surface area contributed by atoms with Gasteiger partial charge in [-0.05, 0) is 30.5 Å². The number of aromatic hydroxyl groups is 1. The van der Waals surface area contributed by atoms with Crippen molar-refractivity contribution >= 4 is 22.9 Å². The monoisotopic (exact) mass is 277 g/mol. The van der Waals surface area contributed by atoms with E-state index in [4.69, 9.17) is 0 Å². The van der Waals surface area contributed by atoms with E-state index in [9.17, 15) is 5.11 Å². The molecule has 0 radical (unpaired) electrons. The van der Waals surface area contributed by atoms with Gasteiger partial charge in [-0.25, -0.2) is 0 Å². The zero-order chi connectivity index (χ0) is 8.97. The van der Waals surface area contributed by atoms with Crippen LogP contribution in [0.15, 0.2) is 18.2 Å². The molecule has 66 valence electrons.